The largest absolute Gasteiger partial charge is 0.481 e. The second kappa shape index (κ2) is 8.22. The topological polar surface area (TPSA) is 62.1 Å². The van der Waals surface area contributed by atoms with Crippen molar-refractivity contribution in [3.05, 3.63) is 65.2 Å². The number of benzene rings is 2. The zero-order valence-electron chi connectivity index (χ0n) is 13.2. The molecule has 0 aliphatic carbocycles. The van der Waals surface area contributed by atoms with Gasteiger partial charge in [-0.3, -0.25) is 4.79 Å². The van der Waals surface area contributed by atoms with Crippen molar-refractivity contribution in [3.8, 4) is 24.2 Å². The summed E-state index contributed by atoms with van der Waals surface area (Å²) in [4.78, 5) is 12.3. The van der Waals surface area contributed by atoms with Crippen LogP contribution in [0.1, 0.15) is 11.1 Å². The summed E-state index contributed by atoms with van der Waals surface area (Å²) in [5, 5.41) is 12.0. The maximum absolute atomic E-state index is 12.3. The molecule has 0 spiro atoms. The zero-order valence-corrected chi connectivity index (χ0v) is 13.2. The Hall–Kier alpha value is -3.50. The molecule has 0 aromatic heterocycles. The van der Waals surface area contributed by atoms with Crippen LogP contribution in [0.4, 0.5) is 5.69 Å². The van der Waals surface area contributed by atoms with E-state index in [1.807, 2.05) is 31.2 Å². The van der Waals surface area contributed by atoms with Gasteiger partial charge in [0.15, 0.2) is 0 Å². The molecule has 0 atom stereocenters. The first-order chi connectivity index (χ1) is 11.6. The smallest absolute Gasteiger partial charge is 0.266 e. The van der Waals surface area contributed by atoms with E-state index < -0.39 is 5.91 Å². The highest BCUT2D eigenvalue weighted by Gasteiger charge is 2.10. The van der Waals surface area contributed by atoms with Gasteiger partial charge in [-0.15, -0.1) is 6.42 Å². The zero-order chi connectivity index (χ0) is 17.4. The predicted molar refractivity (Wildman–Crippen MR) is 94.2 cm³/mol. The second-order valence-electron chi connectivity index (χ2n) is 5.00. The van der Waals surface area contributed by atoms with E-state index in [9.17, 15) is 10.1 Å². The van der Waals surface area contributed by atoms with Crippen molar-refractivity contribution in [2.75, 3.05) is 11.9 Å². The van der Waals surface area contributed by atoms with Crippen LogP contribution >= 0.6 is 0 Å². The first-order valence-corrected chi connectivity index (χ1v) is 7.29. The van der Waals surface area contributed by atoms with Crippen molar-refractivity contribution in [2.24, 2.45) is 0 Å². The second-order valence-corrected chi connectivity index (χ2v) is 5.00. The fourth-order valence-corrected chi connectivity index (χ4v) is 2.00. The summed E-state index contributed by atoms with van der Waals surface area (Å²) in [6.07, 6.45) is 6.66. The van der Waals surface area contributed by atoms with Crippen LogP contribution < -0.4 is 10.1 Å². The van der Waals surface area contributed by atoms with Crippen LogP contribution in [0.5, 0.6) is 5.75 Å². The van der Waals surface area contributed by atoms with E-state index in [0.717, 1.165) is 11.1 Å². The average molecular weight is 316 g/mol. The van der Waals surface area contributed by atoms with Gasteiger partial charge in [-0.1, -0.05) is 36.3 Å². The lowest BCUT2D eigenvalue weighted by Crippen LogP contribution is -2.14. The van der Waals surface area contributed by atoms with E-state index >= 15 is 0 Å². The molecule has 0 aliphatic rings. The summed E-state index contributed by atoms with van der Waals surface area (Å²) < 4.78 is 5.28. The number of hydrogen-bond acceptors (Lipinski definition) is 3. The van der Waals surface area contributed by atoms with Gasteiger partial charge in [-0.2, -0.15) is 5.26 Å². The van der Waals surface area contributed by atoms with E-state index in [0.29, 0.717) is 11.4 Å². The average Bonchev–Trinajstić information content (AvgIpc) is 2.60. The molecule has 2 rings (SSSR count). The van der Waals surface area contributed by atoms with Crippen molar-refractivity contribution in [1.29, 1.82) is 5.26 Å². The standard InChI is InChI=1S/C20H16N2O2/c1-3-12-24-18-10-8-16(9-11-18)13-17(14-21)20(23)22-19-7-5-4-6-15(19)2/h1,4-11,13H,12H2,2H3,(H,22,23). The molecular formula is C20H16N2O2. The molecule has 4 heteroatoms. The van der Waals surface area contributed by atoms with Gasteiger partial charge in [-0.05, 0) is 42.3 Å². The quantitative estimate of drug-likeness (QED) is 0.521. The number of nitriles is 1. The number of carbonyl (C=O) groups excluding carboxylic acids is 1. The van der Waals surface area contributed by atoms with Gasteiger partial charge >= 0.3 is 0 Å². The minimum Gasteiger partial charge on any atom is -0.481 e. The molecule has 0 saturated carbocycles. The summed E-state index contributed by atoms with van der Waals surface area (Å²) >= 11 is 0. The van der Waals surface area contributed by atoms with Crippen LogP contribution in [0.3, 0.4) is 0 Å². The molecule has 118 valence electrons. The molecule has 0 saturated heterocycles. The van der Waals surface area contributed by atoms with Gasteiger partial charge in [0.25, 0.3) is 5.91 Å². The summed E-state index contributed by atoms with van der Waals surface area (Å²) in [7, 11) is 0. The molecule has 0 unspecified atom stereocenters. The summed E-state index contributed by atoms with van der Waals surface area (Å²) in [6.45, 7) is 2.08. The van der Waals surface area contributed by atoms with Crippen molar-refractivity contribution in [1.82, 2.24) is 0 Å². The Bertz CT molecular complexity index is 837. The number of rotatable bonds is 5. The van der Waals surface area contributed by atoms with Crippen LogP contribution in [-0.4, -0.2) is 12.5 Å². The van der Waals surface area contributed by atoms with Crippen LogP contribution in [0, 0.1) is 30.6 Å². The Morgan fingerprint density at radius 2 is 1.96 bits per heavy atom. The molecule has 0 radical (unpaired) electrons. The highest BCUT2D eigenvalue weighted by atomic mass is 16.5. The maximum atomic E-state index is 12.3. The van der Waals surface area contributed by atoms with Gasteiger partial charge < -0.3 is 10.1 Å². The van der Waals surface area contributed by atoms with E-state index in [4.69, 9.17) is 11.2 Å². The number of ether oxygens (including phenoxy) is 1. The SMILES string of the molecule is C#CCOc1ccc(C=C(C#N)C(=O)Nc2ccccc2C)cc1. The number of para-hydroxylation sites is 1. The number of aryl methyl sites for hydroxylation is 1. The lowest BCUT2D eigenvalue weighted by Gasteiger charge is -2.07. The molecule has 0 fully saturated rings. The Labute approximate surface area is 141 Å². The lowest BCUT2D eigenvalue weighted by atomic mass is 10.1. The first-order valence-electron chi connectivity index (χ1n) is 7.29. The number of amides is 1. The molecule has 0 heterocycles. The molecular weight excluding hydrogens is 300 g/mol. The van der Waals surface area contributed by atoms with Crippen molar-refractivity contribution >= 4 is 17.7 Å². The predicted octanol–water partition coefficient (Wildman–Crippen LogP) is 3.55. The van der Waals surface area contributed by atoms with E-state index in [-0.39, 0.29) is 12.2 Å². The fraction of sp³-hybridized carbons (Fsp3) is 0.100. The maximum Gasteiger partial charge on any atom is 0.266 e. The third-order valence-corrected chi connectivity index (χ3v) is 3.27. The number of nitrogens with one attached hydrogen (secondary N) is 1. The van der Waals surface area contributed by atoms with E-state index in [1.54, 1.807) is 30.3 Å². The number of terminal acetylenes is 1. The van der Waals surface area contributed by atoms with E-state index in [2.05, 4.69) is 11.2 Å². The molecule has 2 aromatic rings. The number of nitrogens with zero attached hydrogens (tertiary/aromatic N) is 1. The molecule has 1 amide bonds. The Morgan fingerprint density at radius 3 is 2.58 bits per heavy atom. The molecule has 0 aliphatic heterocycles. The van der Waals surface area contributed by atoms with Crippen molar-refractivity contribution in [3.63, 3.8) is 0 Å². The van der Waals surface area contributed by atoms with Crippen molar-refractivity contribution in [2.45, 2.75) is 6.92 Å². The Morgan fingerprint density at radius 1 is 1.25 bits per heavy atom. The van der Waals surface area contributed by atoms with Crippen LogP contribution in [0.15, 0.2) is 54.1 Å². The Kier molecular flexibility index (Phi) is 5.77. The number of carbonyl (C=O) groups is 1. The minimum atomic E-state index is -0.445. The normalized spacial score (nSPS) is 10.4. The lowest BCUT2D eigenvalue weighted by molar-refractivity contribution is -0.112. The number of anilines is 1. The molecule has 1 N–H and O–H groups in total. The van der Waals surface area contributed by atoms with Gasteiger partial charge in [0.2, 0.25) is 0 Å². The summed E-state index contributed by atoms with van der Waals surface area (Å²) in [6, 6.07) is 16.3. The van der Waals surface area contributed by atoms with Gasteiger partial charge in [0.05, 0.1) is 0 Å². The molecule has 0 bridgehead atoms. The fourth-order valence-electron chi connectivity index (χ4n) is 2.00. The van der Waals surface area contributed by atoms with Crippen LogP contribution in [-0.2, 0) is 4.79 Å². The highest BCUT2D eigenvalue weighted by Crippen LogP contribution is 2.17. The minimum absolute atomic E-state index is 0.0237. The molecule has 2 aromatic carbocycles. The van der Waals surface area contributed by atoms with Crippen LogP contribution in [0.2, 0.25) is 0 Å². The third-order valence-electron chi connectivity index (χ3n) is 3.27. The monoisotopic (exact) mass is 316 g/mol. The molecule has 24 heavy (non-hydrogen) atoms. The van der Waals surface area contributed by atoms with E-state index in [1.165, 1.54) is 6.08 Å². The first kappa shape index (κ1) is 16.9. The number of hydrogen-bond donors (Lipinski definition) is 1. The summed E-state index contributed by atoms with van der Waals surface area (Å²) in [5.41, 5.74) is 2.36. The van der Waals surface area contributed by atoms with Gasteiger partial charge in [0, 0.05) is 5.69 Å². The third kappa shape index (κ3) is 4.50. The summed E-state index contributed by atoms with van der Waals surface area (Å²) in [5.74, 6) is 2.57. The van der Waals surface area contributed by atoms with Gasteiger partial charge in [-0.25, -0.2) is 0 Å². The van der Waals surface area contributed by atoms with Crippen LogP contribution in [0.25, 0.3) is 6.08 Å². The van der Waals surface area contributed by atoms with Gasteiger partial charge in [0.1, 0.15) is 24.0 Å². The van der Waals surface area contributed by atoms with Crippen molar-refractivity contribution < 1.29 is 9.53 Å². The molecule has 4 nitrogen and oxygen atoms in total. The Balaban J connectivity index is 2.14. The highest BCUT2D eigenvalue weighted by molar-refractivity contribution is 6.09.